The summed E-state index contributed by atoms with van der Waals surface area (Å²) in [7, 11) is 0. The maximum Gasteiger partial charge on any atom is 0.331 e. The minimum Gasteiger partial charge on any atom is -0.508 e. The molecule has 0 spiro atoms. The molecule has 0 aliphatic heterocycles. The SMILES string of the molecule is CCCCC=C(O)C(C)=C(C)C(=O)O. The maximum atomic E-state index is 10.6. The number of unbranched alkanes of at least 4 members (excludes halogenated alkanes) is 2. The number of carboxylic acids is 1. The number of aliphatic hydroxyl groups excluding tert-OH is 1. The summed E-state index contributed by atoms with van der Waals surface area (Å²) in [6, 6.07) is 0. The number of hydrogen-bond donors (Lipinski definition) is 2. The van der Waals surface area contributed by atoms with E-state index in [9.17, 15) is 9.90 Å². The average molecular weight is 198 g/mol. The number of carbonyl (C=O) groups is 1. The molecule has 14 heavy (non-hydrogen) atoms. The highest BCUT2D eigenvalue weighted by Crippen LogP contribution is 2.13. The summed E-state index contributed by atoms with van der Waals surface area (Å²) in [6.07, 6.45) is 4.52. The van der Waals surface area contributed by atoms with Crippen molar-refractivity contribution < 1.29 is 15.0 Å². The second kappa shape index (κ2) is 6.24. The first-order valence-electron chi connectivity index (χ1n) is 4.81. The Bertz CT molecular complexity index is 262. The minimum atomic E-state index is -0.988. The van der Waals surface area contributed by atoms with Gasteiger partial charge in [0, 0.05) is 11.1 Å². The molecular formula is C11H18O3. The Morgan fingerprint density at radius 1 is 1.21 bits per heavy atom. The lowest BCUT2D eigenvalue weighted by molar-refractivity contribution is -0.132. The highest BCUT2D eigenvalue weighted by molar-refractivity contribution is 5.87. The lowest BCUT2D eigenvalue weighted by Gasteiger charge is -2.03. The molecule has 0 heterocycles. The van der Waals surface area contributed by atoms with E-state index in [-0.39, 0.29) is 11.3 Å². The molecule has 0 saturated heterocycles. The molecule has 0 aliphatic carbocycles. The Kier molecular flexibility index (Phi) is 5.68. The van der Waals surface area contributed by atoms with Crippen LogP contribution in [-0.4, -0.2) is 16.2 Å². The summed E-state index contributed by atoms with van der Waals surface area (Å²) in [6.45, 7) is 5.17. The van der Waals surface area contributed by atoms with Crippen molar-refractivity contribution in [1.29, 1.82) is 0 Å². The van der Waals surface area contributed by atoms with E-state index in [4.69, 9.17) is 5.11 Å². The van der Waals surface area contributed by atoms with Crippen molar-refractivity contribution in [3.05, 3.63) is 23.0 Å². The van der Waals surface area contributed by atoms with E-state index < -0.39 is 5.97 Å². The van der Waals surface area contributed by atoms with Crippen molar-refractivity contribution in [2.75, 3.05) is 0 Å². The van der Waals surface area contributed by atoms with Crippen LogP contribution < -0.4 is 0 Å². The fourth-order valence-corrected chi connectivity index (χ4v) is 0.949. The topological polar surface area (TPSA) is 57.5 Å². The molecule has 0 amide bonds. The van der Waals surface area contributed by atoms with Gasteiger partial charge in [-0.3, -0.25) is 0 Å². The average Bonchev–Trinajstić information content (AvgIpc) is 2.15. The van der Waals surface area contributed by atoms with Crippen molar-refractivity contribution in [1.82, 2.24) is 0 Å². The first-order valence-corrected chi connectivity index (χ1v) is 4.81. The van der Waals surface area contributed by atoms with Crippen LogP contribution in [-0.2, 0) is 4.79 Å². The van der Waals surface area contributed by atoms with Crippen molar-refractivity contribution in [3.63, 3.8) is 0 Å². The zero-order valence-corrected chi connectivity index (χ0v) is 9.00. The van der Waals surface area contributed by atoms with E-state index >= 15 is 0 Å². The molecule has 2 N–H and O–H groups in total. The number of carboxylic acid groups (broad SMARTS) is 1. The molecule has 0 rings (SSSR count). The molecule has 0 aromatic heterocycles. The van der Waals surface area contributed by atoms with Crippen molar-refractivity contribution >= 4 is 5.97 Å². The normalized spacial score (nSPS) is 13.8. The second-order valence-electron chi connectivity index (χ2n) is 3.29. The minimum absolute atomic E-state index is 0.0818. The van der Waals surface area contributed by atoms with Gasteiger partial charge >= 0.3 is 5.97 Å². The molecule has 0 bridgehead atoms. The third-order valence-electron chi connectivity index (χ3n) is 2.16. The van der Waals surface area contributed by atoms with Gasteiger partial charge < -0.3 is 10.2 Å². The lowest BCUT2D eigenvalue weighted by Crippen LogP contribution is -2.01. The summed E-state index contributed by atoms with van der Waals surface area (Å²) < 4.78 is 0. The van der Waals surface area contributed by atoms with Crippen LogP contribution in [0.15, 0.2) is 23.0 Å². The molecule has 3 nitrogen and oxygen atoms in total. The van der Waals surface area contributed by atoms with Crippen molar-refractivity contribution in [2.24, 2.45) is 0 Å². The Labute approximate surface area is 84.8 Å². The molecule has 3 heteroatoms. The van der Waals surface area contributed by atoms with Gasteiger partial charge in [0.25, 0.3) is 0 Å². The van der Waals surface area contributed by atoms with Crippen LogP contribution in [0.2, 0.25) is 0 Å². The van der Waals surface area contributed by atoms with Crippen LogP contribution in [0, 0.1) is 0 Å². The van der Waals surface area contributed by atoms with Gasteiger partial charge in [0.2, 0.25) is 0 Å². The first-order chi connectivity index (χ1) is 6.50. The molecule has 0 radical (unpaired) electrons. The van der Waals surface area contributed by atoms with Crippen LogP contribution >= 0.6 is 0 Å². The largest absolute Gasteiger partial charge is 0.508 e. The maximum absolute atomic E-state index is 10.6. The monoisotopic (exact) mass is 198 g/mol. The van der Waals surface area contributed by atoms with E-state index in [2.05, 4.69) is 6.92 Å². The molecule has 0 unspecified atom stereocenters. The first kappa shape index (κ1) is 12.8. The van der Waals surface area contributed by atoms with Crippen LogP contribution in [0.3, 0.4) is 0 Å². The third-order valence-corrected chi connectivity index (χ3v) is 2.16. The fraction of sp³-hybridized carbons (Fsp3) is 0.545. The lowest BCUT2D eigenvalue weighted by atomic mass is 10.1. The van der Waals surface area contributed by atoms with Gasteiger partial charge in [-0.1, -0.05) is 13.3 Å². The van der Waals surface area contributed by atoms with Crippen LogP contribution in [0.5, 0.6) is 0 Å². The number of aliphatic carboxylic acids is 1. The second-order valence-corrected chi connectivity index (χ2v) is 3.29. The van der Waals surface area contributed by atoms with Crippen LogP contribution in [0.1, 0.15) is 40.0 Å². The van der Waals surface area contributed by atoms with E-state index in [1.807, 2.05) is 0 Å². The quantitative estimate of drug-likeness (QED) is 0.309. The Hall–Kier alpha value is -1.25. The zero-order valence-electron chi connectivity index (χ0n) is 9.00. The molecule has 0 aliphatic rings. The van der Waals surface area contributed by atoms with Gasteiger partial charge in [-0.2, -0.15) is 0 Å². The predicted molar refractivity (Wildman–Crippen MR) is 56.2 cm³/mol. The Balaban J connectivity index is 4.52. The number of allylic oxidation sites excluding steroid dienone is 2. The highest BCUT2D eigenvalue weighted by Gasteiger charge is 2.07. The molecule has 0 aromatic carbocycles. The van der Waals surface area contributed by atoms with Gasteiger partial charge in [0.15, 0.2) is 0 Å². The third kappa shape index (κ3) is 4.12. The highest BCUT2D eigenvalue weighted by atomic mass is 16.4. The van der Waals surface area contributed by atoms with E-state index in [1.54, 1.807) is 13.0 Å². The number of rotatable bonds is 5. The molecule has 0 saturated carbocycles. The molecular weight excluding hydrogens is 180 g/mol. The standard InChI is InChI=1S/C11H18O3/c1-4-5-6-7-10(12)8(2)9(3)11(13)14/h7,12H,4-6H2,1-3H3,(H,13,14). The number of aliphatic hydroxyl groups is 1. The van der Waals surface area contributed by atoms with Gasteiger partial charge in [0.05, 0.1) is 0 Å². The van der Waals surface area contributed by atoms with E-state index in [0.29, 0.717) is 5.57 Å². The molecule has 0 atom stereocenters. The van der Waals surface area contributed by atoms with Gasteiger partial charge in [0.1, 0.15) is 5.76 Å². The zero-order chi connectivity index (χ0) is 11.1. The smallest absolute Gasteiger partial charge is 0.331 e. The number of hydrogen-bond acceptors (Lipinski definition) is 2. The predicted octanol–water partition coefficient (Wildman–Crippen LogP) is 3.04. The summed E-state index contributed by atoms with van der Waals surface area (Å²) in [5.74, 6) is -0.906. The summed E-state index contributed by atoms with van der Waals surface area (Å²) in [5, 5.41) is 18.2. The fourth-order valence-electron chi connectivity index (χ4n) is 0.949. The summed E-state index contributed by atoms with van der Waals surface area (Å²) in [4.78, 5) is 10.6. The molecule has 80 valence electrons. The Morgan fingerprint density at radius 2 is 1.79 bits per heavy atom. The van der Waals surface area contributed by atoms with Crippen molar-refractivity contribution in [2.45, 2.75) is 40.0 Å². The van der Waals surface area contributed by atoms with Crippen LogP contribution in [0.4, 0.5) is 0 Å². The summed E-state index contributed by atoms with van der Waals surface area (Å²) in [5.41, 5.74) is 0.629. The molecule has 0 aromatic rings. The van der Waals surface area contributed by atoms with Crippen LogP contribution in [0.25, 0.3) is 0 Å². The molecule has 0 fully saturated rings. The van der Waals surface area contributed by atoms with Gasteiger partial charge in [-0.25, -0.2) is 4.79 Å². The summed E-state index contributed by atoms with van der Waals surface area (Å²) >= 11 is 0. The van der Waals surface area contributed by atoms with Gasteiger partial charge in [-0.15, -0.1) is 0 Å². The van der Waals surface area contributed by atoms with Gasteiger partial charge in [-0.05, 0) is 32.8 Å². The van der Waals surface area contributed by atoms with E-state index in [1.165, 1.54) is 6.92 Å². The van der Waals surface area contributed by atoms with E-state index in [0.717, 1.165) is 19.3 Å². The Morgan fingerprint density at radius 3 is 2.21 bits per heavy atom. The van der Waals surface area contributed by atoms with Crippen molar-refractivity contribution in [3.8, 4) is 0 Å².